The van der Waals surface area contributed by atoms with Crippen LogP contribution in [0.25, 0.3) is 11.3 Å². The molecular weight excluding hydrogens is 491 g/mol. The lowest BCUT2D eigenvalue weighted by atomic mass is 10.0. The van der Waals surface area contributed by atoms with Crippen molar-refractivity contribution in [2.75, 3.05) is 25.4 Å². The lowest BCUT2D eigenvalue weighted by Gasteiger charge is -2.32. The van der Waals surface area contributed by atoms with Gasteiger partial charge in [0.2, 0.25) is 5.91 Å². The van der Waals surface area contributed by atoms with Crippen LogP contribution in [0.2, 0.25) is 10.0 Å². The highest BCUT2D eigenvalue weighted by atomic mass is 35.5. The molecule has 6 nitrogen and oxygen atoms in total. The van der Waals surface area contributed by atoms with Gasteiger partial charge in [0.15, 0.2) is 5.13 Å². The summed E-state index contributed by atoms with van der Waals surface area (Å²) in [6, 6.07) is 13.7. The summed E-state index contributed by atoms with van der Waals surface area (Å²) in [5.74, 6) is 0.865. The highest BCUT2D eigenvalue weighted by Gasteiger charge is 2.20. The molecule has 0 spiro atoms. The maximum atomic E-state index is 12.3. The Bertz CT molecular complexity index is 1100. The first-order valence-electron chi connectivity index (χ1n) is 11.4. The average molecular weight is 519 g/mol. The van der Waals surface area contributed by atoms with E-state index in [9.17, 15) is 4.79 Å². The normalized spacial score (nSPS) is 14.8. The lowest BCUT2D eigenvalue weighted by Crippen LogP contribution is -2.44. The van der Waals surface area contributed by atoms with Crippen LogP contribution in [0.4, 0.5) is 5.13 Å². The minimum atomic E-state index is 0.0861. The van der Waals surface area contributed by atoms with Gasteiger partial charge >= 0.3 is 0 Å². The molecule has 1 amide bonds. The van der Waals surface area contributed by atoms with Crippen LogP contribution in [0.5, 0.6) is 5.75 Å². The number of rotatable bonds is 9. The first-order chi connectivity index (χ1) is 16.5. The highest BCUT2D eigenvalue weighted by molar-refractivity contribution is 7.13. The number of ether oxygens (including phenoxy) is 1. The summed E-state index contributed by atoms with van der Waals surface area (Å²) >= 11 is 13.5. The molecule has 2 aromatic carbocycles. The van der Waals surface area contributed by atoms with Crippen molar-refractivity contribution in [3.8, 4) is 17.0 Å². The molecule has 1 aromatic heterocycles. The van der Waals surface area contributed by atoms with Gasteiger partial charge in [-0.15, -0.1) is 11.3 Å². The molecule has 2 heterocycles. The predicted molar refractivity (Wildman–Crippen MR) is 140 cm³/mol. The second kappa shape index (κ2) is 11.9. The van der Waals surface area contributed by atoms with E-state index in [2.05, 4.69) is 15.2 Å². The maximum Gasteiger partial charge on any atom is 0.220 e. The number of halogens is 2. The summed E-state index contributed by atoms with van der Waals surface area (Å²) in [6.07, 6.45) is 3.02. The minimum Gasteiger partial charge on any atom is -0.494 e. The number of nitrogens with two attached hydrogens (primary N) is 1. The topological polar surface area (TPSA) is 80.5 Å². The largest absolute Gasteiger partial charge is 0.494 e. The molecule has 1 aliphatic heterocycles. The van der Waals surface area contributed by atoms with Gasteiger partial charge < -0.3 is 15.8 Å². The molecule has 34 heavy (non-hydrogen) atoms. The number of hydrogen-bond acceptors (Lipinski definition) is 6. The van der Waals surface area contributed by atoms with Gasteiger partial charge in [-0.25, -0.2) is 4.98 Å². The molecule has 0 radical (unpaired) electrons. The molecule has 4 rings (SSSR count). The number of carbonyl (C=O) groups is 1. The minimum absolute atomic E-state index is 0.0861. The van der Waals surface area contributed by atoms with Gasteiger partial charge in [-0.05, 0) is 61.2 Å². The van der Waals surface area contributed by atoms with Crippen molar-refractivity contribution in [3.05, 3.63) is 63.5 Å². The smallest absolute Gasteiger partial charge is 0.220 e. The Labute approximate surface area is 214 Å². The second-order valence-corrected chi connectivity index (χ2v) is 10.1. The second-order valence-electron chi connectivity index (χ2n) is 8.41. The molecule has 1 saturated heterocycles. The van der Waals surface area contributed by atoms with Crippen molar-refractivity contribution < 1.29 is 9.53 Å². The average Bonchev–Trinajstić information content (AvgIpc) is 3.27. The van der Waals surface area contributed by atoms with Crippen molar-refractivity contribution in [1.82, 2.24) is 15.2 Å². The Morgan fingerprint density at radius 3 is 2.59 bits per heavy atom. The zero-order valence-electron chi connectivity index (χ0n) is 18.8. The molecule has 3 N–H and O–H groups in total. The fourth-order valence-electron chi connectivity index (χ4n) is 4.00. The van der Waals surface area contributed by atoms with Crippen molar-refractivity contribution in [1.29, 1.82) is 0 Å². The SMILES string of the molecule is Nc1nc(-c2ccc(OCCCC(=O)NC3CCN(Cc4ccc(Cl)c(Cl)c4)CC3)cc2)cs1. The van der Waals surface area contributed by atoms with E-state index in [4.69, 9.17) is 33.7 Å². The Morgan fingerprint density at radius 2 is 1.91 bits per heavy atom. The third-order valence-electron chi connectivity index (χ3n) is 5.83. The number of piperidine rings is 1. The molecule has 9 heteroatoms. The third-order valence-corrected chi connectivity index (χ3v) is 7.24. The van der Waals surface area contributed by atoms with Crippen LogP contribution in [0.15, 0.2) is 47.8 Å². The Hall–Kier alpha value is -2.32. The third kappa shape index (κ3) is 7.09. The van der Waals surface area contributed by atoms with Crippen LogP contribution < -0.4 is 15.8 Å². The van der Waals surface area contributed by atoms with Crippen molar-refractivity contribution in [2.45, 2.75) is 38.3 Å². The van der Waals surface area contributed by atoms with E-state index in [-0.39, 0.29) is 11.9 Å². The summed E-state index contributed by atoms with van der Waals surface area (Å²) in [7, 11) is 0. The molecule has 0 bridgehead atoms. The van der Waals surface area contributed by atoms with Gasteiger partial charge in [0.05, 0.1) is 22.3 Å². The summed E-state index contributed by atoms with van der Waals surface area (Å²) in [4.78, 5) is 19.0. The number of benzene rings is 2. The van der Waals surface area contributed by atoms with E-state index in [0.717, 1.165) is 55.0 Å². The van der Waals surface area contributed by atoms with E-state index in [1.165, 1.54) is 11.3 Å². The van der Waals surface area contributed by atoms with Gasteiger partial charge in [-0.2, -0.15) is 0 Å². The van der Waals surface area contributed by atoms with Crippen LogP contribution in [-0.4, -0.2) is 41.5 Å². The van der Waals surface area contributed by atoms with Crippen LogP contribution >= 0.6 is 34.5 Å². The molecule has 0 saturated carbocycles. The monoisotopic (exact) mass is 518 g/mol. The number of thiazole rings is 1. The van der Waals surface area contributed by atoms with Gasteiger partial charge in [-0.1, -0.05) is 29.3 Å². The lowest BCUT2D eigenvalue weighted by molar-refractivity contribution is -0.122. The Morgan fingerprint density at radius 1 is 1.15 bits per heavy atom. The predicted octanol–water partition coefficient (Wildman–Crippen LogP) is 5.64. The van der Waals surface area contributed by atoms with Crippen LogP contribution in [-0.2, 0) is 11.3 Å². The number of carbonyl (C=O) groups excluding carboxylic acids is 1. The van der Waals surface area contributed by atoms with E-state index in [1.54, 1.807) is 0 Å². The van der Waals surface area contributed by atoms with E-state index in [0.29, 0.717) is 34.6 Å². The Kier molecular flexibility index (Phi) is 8.67. The zero-order chi connectivity index (χ0) is 23.9. The first kappa shape index (κ1) is 24.8. The number of likely N-dealkylation sites (tertiary alicyclic amines) is 1. The van der Waals surface area contributed by atoms with Crippen LogP contribution in [0, 0.1) is 0 Å². The quantitative estimate of drug-likeness (QED) is 0.358. The highest BCUT2D eigenvalue weighted by Crippen LogP contribution is 2.26. The summed E-state index contributed by atoms with van der Waals surface area (Å²) in [5.41, 5.74) is 8.71. The number of nitrogens with one attached hydrogen (secondary N) is 1. The van der Waals surface area contributed by atoms with E-state index < -0.39 is 0 Å². The van der Waals surface area contributed by atoms with Gasteiger partial charge in [0.25, 0.3) is 0 Å². The van der Waals surface area contributed by atoms with Gasteiger partial charge in [0.1, 0.15) is 5.75 Å². The fraction of sp³-hybridized carbons (Fsp3) is 0.360. The van der Waals surface area contributed by atoms with Crippen LogP contribution in [0.3, 0.4) is 0 Å². The summed E-state index contributed by atoms with van der Waals surface area (Å²) < 4.78 is 5.78. The standard InChI is InChI=1S/C25H28Cl2N4O2S/c26-21-8-3-17(14-22(21)27)15-31-11-9-19(10-12-31)29-24(32)2-1-13-33-20-6-4-18(5-7-20)23-16-34-25(28)30-23/h3-8,14,16,19H,1-2,9-13,15H2,(H2,28,30)(H,29,32). The van der Waals surface area contributed by atoms with Gasteiger partial charge in [0, 0.05) is 43.0 Å². The first-order valence-corrected chi connectivity index (χ1v) is 13.0. The van der Waals surface area contributed by atoms with Crippen molar-refractivity contribution >= 4 is 45.6 Å². The van der Waals surface area contributed by atoms with E-state index >= 15 is 0 Å². The molecular formula is C25H28Cl2N4O2S. The Balaban J connectivity index is 1.11. The molecule has 0 atom stereocenters. The number of nitrogens with zero attached hydrogens (tertiary/aromatic N) is 2. The molecule has 1 fully saturated rings. The molecule has 180 valence electrons. The number of amides is 1. The molecule has 0 aliphatic carbocycles. The van der Waals surface area contributed by atoms with Crippen molar-refractivity contribution in [3.63, 3.8) is 0 Å². The number of aromatic nitrogens is 1. The number of nitrogen functional groups attached to an aromatic ring is 1. The maximum absolute atomic E-state index is 12.3. The summed E-state index contributed by atoms with van der Waals surface area (Å²) in [5, 5.41) is 6.83. The van der Waals surface area contributed by atoms with Crippen LogP contribution in [0.1, 0.15) is 31.2 Å². The van der Waals surface area contributed by atoms with Gasteiger partial charge in [-0.3, -0.25) is 9.69 Å². The molecule has 3 aromatic rings. The zero-order valence-corrected chi connectivity index (χ0v) is 21.1. The molecule has 0 unspecified atom stereocenters. The summed E-state index contributed by atoms with van der Waals surface area (Å²) in [6.45, 7) is 3.22. The molecule has 1 aliphatic rings. The van der Waals surface area contributed by atoms with E-state index in [1.807, 2.05) is 47.8 Å². The number of hydrogen-bond donors (Lipinski definition) is 2. The van der Waals surface area contributed by atoms with Crippen molar-refractivity contribution in [2.24, 2.45) is 0 Å². The number of anilines is 1. The fourth-order valence-corrected chi connectivity index (χ4v) is 4.89.